The van der Waals surface area contributed by atoms with Crippen molar-refractivity contribution in [2.45, 2.75) is 57.1 Å². The van der Waals surface area contributed by atoms with Crippen molar-refractivity contribution in [3.63, 3.8) is 0 Å². The number of hydrogen-bond acceptors (Lipinski definition) is 7. The summed E-state index contributed by atoms with van der Waals surface area (Å²) in [5.41, 5.74) is 1.04. The third-order valence-corrected chi connectivity index (χ3v) is 7.88. The maximum Gasteiger partial charge on any atom is 0.319 e. The molecule has 0 radical (unpaired) electrons. The summed E-state index contributed by atoms with van der Waals surface area (Å²) in [5.74, 6) is -1.31. The number of thiophene rings is 1. The average molecular weight is 559 g/mol. The van der Waals surface area contributed by atoms with Crippen LogP contribution in [0.4, 0.5) is 29.6 Å². The third-order valence-electron chi connectivity index (χ3n) is 7.00. The number of oxime groups is 1. The first-order valence-corrected chi connectivity index (χ1v) is 13.8. The standard InChI is InChI=1S/C27H29F3N6O2S/c28-18-14-31-26(32-15-18)36-9-7-20(8-10-36)38-35-19-5-3-17(4-6-19)22-12-24(30)25(13-23(22)29)34-27(37)33-16-21-2-1-11-39-21/h1-2,11-15,17,20H,3-10,16H2,(H2,33,34,37). The summed E-state index contributed by atoms with van der Waals surface area (Å²) in [6, 6.07) is 5.39. The van der Waals surface area contributed by atoms with Gasteiger partial charge in [0.2, 0.25) is 5.95 Å². The van der Waals surface area contributed by atoms with Gasteiger partial charge in [0, 0.05) is 36.9 Å². The third kappa shape index (κ3) is 7.05. The molecule has 0 bridgehead atoms. The molecule has 0 spiro atoms. The Bertz CT molecular complexity index is 1290. The summed E-state index contributed by atoms with van der Waals surface area (Å²) in [5, 5.41) is 11.3. The van der Waals surface area contributed by atoms with E-state index in [1.165, 1.54) is 17.4 Å². The summed E-state index contributed by atoms with van der Waals surface area (Å²) in [4.78, 5) is 28.9. The monoisotopic (exact) mass is 558 g/mol. The molecule has 3 aromatic rings. The average Bonchev–Trinajstić information content (AvgIpc) is 3.48. The van der Waals surface area contributed by atoms with E-state index < -0.39 is 23.5 Å². The number of piperidine rings is 1. The quantitative estimate of drug-likeness (QED) is 0.349. The van der Waals surface area contributed by atoms with Crippen molar-refractivity contribution in [3.05, 3.63) is 69.9 Å². The fraction of sp³-hybridized carbons (Fsp3) is 0.407. The van der Waals surface area contributed by atoms with E-state index in [0.29, 0.717) is 56.8 Å². The van der Waals surface area contributed by atoms with Gasteiger partial charge in [0.25, 0.3) is 0 Å². The molecule has 2 aliphatic rings. The lowest BCUT2D eigenvalue weighted by atomic mass is 9.83. The van der Waals surface area contributed by atoms with Crippen molar-refractivity contribution in [2.75, 3.05) is 23.3 Å². The molecule has 1 aliphatic heterocycles. The number of urea groups is 1. The van der Waals surface area contributed by atoms with Crippen LogP contribution in [0.2, 0.25) is 0 Å². The van der Waals surface area contributed by atoms with Gasteiger partial charge < -0.3 is 20.4 Å². The normalized spacial score (nSPS) is 18.1. The fourth-order valence-electron chi connectivity index (χ4n) is 4.85. The van der Waals surface area contributed by atoms with Gasteiger partial charge in [0.1, 0.15) is 17.7 Å². The van der Waals surface area contributed by atoms with Gasteiger partial charge in [-0.15, -0.1) is 11.3 Å². The molecule has 1 aliphatic carbocycles. The van der Waals surface area contributed by atoms with E-state index in [0.717, 1.165) is 41.9 Å². The van der Waals surface area contributed by atoms with Gasteiger partial charge in [-0.05, 0) is 54.7 Å². The zero-order valence-corrected chi connectivity index (χ0v) is 22.0. The van der Waals surface area contributed by atoms with Crippen LogP contribution in [0.15, 0.2) is 47.2 Å². The van der Waals surface area contributed by atoms with Crippen molar-refractivity contribution < 1.29 is 22.8 Å². The molecule has 2 aromatic heterocycles. The molecule has 8 nitrogen and oxygen atoms in total. The Hall–Kier alpha value is -3.67. The summed E-state index contributed by atoms with van der Waals surface area (Å²) in [7, 11) is 0. The number of benzene rings is 1. The minimum atomic E-state index is -0.669. The lowest BCUT2D eigenvalue weighted by Gasteiger charge is -2.31. The molecule has 0 atom stereocenters. The van der Waals surface area contributed by atoms with Gasteiger partial charge >= 0.3 is 6.03 Å². The first-order valence-electron chi connectivity index (χ1n) is 12.9. The summed E-state index contributed by atoms with van der Waals surface area (Å²) in [6.07, 6.45) is 6.32. The van der Waals surface area contributed by atoms with Crippen molar-refractivity contribution in [2.24, 2.45) is 5.16 Å². The second-order valence-electron chi connectivity index (χ2n) is 9.67. The minimum absolute atomic E-state index is 0.0268. The van der Waals surface area contributed by atoms with Crippen molar-refractivity contribution in [3.8, 4) is 0 Å². The molecule has 1 saturated heterocycles. The number of rotatable bonds is 7. The number of aromatic nitrogens is 2. The van der Waals surface area contributed by atoms with Crippen molar-refractivity contribution >= 4 is 34.7 Å². The lowest BCUT2D eigenvalue weighted by Crippen LogP contribution is -2.37. The highest BCUT2D eigenvalue weighted by atomic mass is 32.1. The zero-order chi connectivity index (χ0) is 27.2. The molecule has 0 unspecified atom stereocenters. The molecule has 12 heteroatoms. The molecular weight excluding hydrogens is 529 g/mol. The minimum Gasteiger partial charge on any atom is -0.392 e. The highest BCUT2D eigenvalue weighted by Crippen LogP contribution is 2.35. The van der Waals surface area contributed by atoms with Gasteiger partial charge in [-0.1, -0.05) is 11.2 Å². The Kier molecular flexibility index (Phi) is 8.60. The number of carbonyl (C=O) groups excluding carboxylic acids is 1. The summed E-state index contributed by atoms with van der Waals surface area (Å²) >= 11 is 1.50. The molecule has 2 N–H and O–H groups in total. The highest BCUT2D eigenvalue weighted by molar-refractivity contribution is 7.09. The van der Waals surface area contributed by atoms with Crippen molar-refractivity contribution in [1.29, 1.82) is 0 Å². The maximum absolute atomic E-state index is 14.9. The van der Waals surface area contributed by atoms with E-state index in [4.69, 9.17) is 4.84 Å². The second kappa shape index (κ2) is 12.5. The number of nitrogens with one attached hydrogen (secondary N) is 2. The first kappa shape index (κ1) is 26.9. The van der Waals surface area contributed by atoms with Gasteiger partial charge in [-0.25, -0.2) is 27.9 Å². The Morgan fingerprint density at radius 3 is 2.51 bits per heavy atom. The van der Waals surface area contributed by atoms with Crippen LogP contribution in [0.5, 0.6) is 0 Å². The van der Waals surface area contributed by atoms with Crippen LogP contribution in [0.3, 0.4) is 0 Å². The van der Waals surface area contributed by atoms with Gasteiger partial charge in [-0.3, -0.25) is 0 Å². The molecule has 5 rings (SSSR count). The predicted octanol–water partition coefficient (Wildman–Crippen LogP) is 5.98. The second-order valence-corrected chi connectivity index (χ2v) is 10.7. The number of carbonyl (C=O) groups is 1. The van der Waals surface area contributed by atoms with Crippen molar-refractivity contribution in [1.82, 2.24) is 15.3 Å². The lowest BCUT2D eigenvalue weighted by molar-refractivity contribution is 0.0406. The van der Waals surface area contributed by atoms with Crippen LogP contribution in [-0.2, 0) is 11.4 Å². The number of nitrogens with zero attached hydrogens (tertiary/aromatic N) is 4. The van der Waals surface area contributed by atoms with Gasteiger partial charge in [0.05, 0.1) is 30.3 Å². The number of amides is 2. The van der Waals surface area contributed by atoms with Crippen LogP contribution < -0.4 is 15.5 Å². The van der Waals surface area contributed by atoms with Crippen LogP contribution in [0.1, 0.15) is 54.9 Å². The van der Waals surface area contributed by atoms with E-state index in [1.54, 1.807) is 0 Å². The van der Waals surface area contributed by atoms with E-state index >= 15 is 0 Å². The number of halogens is 3. The summed E-state index contributed by atoms with van der Waals surface area (Å²) < 4.78 is 42.7. The van der Waals surface area contributed by atoms with Gasteiger partial charge in [-0.2, -0.15) is 0 Å². The van der Waals surface area contributed by atoms with E-state index in [9.17, 15) is 18.0 Å². The molecule has 1 aromatic carbocycles. The fourth-order valence-corrected chi connectivity index (χ4v) is 5.49. The molecule has 1 saturated carbocycles. The number of anilines is 2. The zero-order valence-electron chi connectivity index (χ0n) is 21.2. The molecule has 3 heterocycles. The Morgan fingerprint density at radius 2 is 1.82 bits per heavy atom. The van der Waals surface area contributed by atoms with E-state index in [2.05, 4.69) is 25.8 Å². The van der Waals surface area contributed by atoms with Crippen LogP contribution in [-0.4, -0.2) is 40.9 Å². The molecular formula is C27H29F3N6O2S. The van der Waals surface area contributed by atoms with Crippen LogP contribution >= 0.6 is 11.3 Å². The maximum atomic E-state index is 14.9. The Morgan fingerprint density at radius 1 is 1.08 bits per heavy atom. The highest BCUT2D eigenvalue weighted by Gasteiger charge is 2.26. The number of hydrogen-bond donors (Lipinski definition) is 2. The Balaban J connectivity index is 1.08. The molecule has 2 fully saturated rings. The summed E-state index contributed by atoms with van der Waals surface area (Å²) in [6.45, 7) is 1.69. The van der Waals surface area contributed by atoms with Crippen LogP contribution in [0.25, 0.3) is 0 Å². The Labute approximate surface area is 228 Å². The largest absolute Gasteiger partial charge is 0.392 e. The van der Waals surface area contributed by atoms with E-state index in [-0.39, 0.29) is 17.7 Å². The molecule has 206 valence electrons. The topological polar surface area (TPSA) is 91.7 Å². The predicted molar refractivity (Wildman–Crippen MR) is 143 cm³/mol. The van der Waals surface area contributed by atoms with Gasteiger partial charge in [0.15, 0.2) is 5.82 Å². The first-order chi connectivity index (χ1) is 18.9. The SMILES string of the molecule is O=C(NCc1cccs1)Nc1cc(F)c(C2CCC(=NOC3CCN(c4ncc(F)cn4)CC3)CC2)cc1F. The van der Waals surface area contributed by atoms with Crippen LogP contribution in [0, 0.1) is 17.5 Å². The molecule has 2 amide bonds. The smallest absolute Gasteiger partial charge is 0.319 e. The molecule has 39 heavy (non-hydrogen) atoms. The van der Waals surface area contributed by atoms with E-state index in [1.807, 2.05) is 22.4 Å².